The van der Waals surface area contributed by atoms with E-state index >= 15 is 0 Å². The number of nitrogens with one attached hydrogen (secondary N) is 2. The fourth-order valence-electron chi connectivity index (χ4n) is 2.91. The van der Waals surface area contributed by atoms with E-state index < -0.39 is 6.04 Å². The summed E-state index contributed by atoms with van der Waals surface area (Å²) >= 11 is 6.26. The van der Waals surface area contributed by atoms with Gasteiger partial charge in [-0.2, -0.15) is 10.1 Å². The molecule has 0 spiro atoms. The first-order chi connectivity index (χ1) is 14.0. The van der Waals surface area contributed by atoms with Crippen molar-refractivity contribution in [2.75, 3.05) is 31.0 Å². The van der Waals surface area contributed by atoms with Gasteiger partial charge in [-0.15, -0.1) is 0 Å². The standard InChI is InChI=1S/C19H22ClFN6O2/c1-12-4-3-5-14(21)17(12)15(11-29-2)23-18-13(20)10-22-19(25-18)24-16-6-7-27(26-16)8-9-28/h3-7,10,15,28H,8-9,11H2,1-2H3,(H2,22,23,24,25,26). The highest BCUT2D eigenvalue weighted by atomic mass is 35.5. The number of halogens is 2. The number of aromatic nitrogens is 4. The summed E-state index contributed by atoms with van der Waals surface area (Å²) in [6.45, 7) is 2.43. The largest absolute Gasteiger partial charge is 0.394 e. The van der Waals surface area contributed by atoms with Crippen LogP contribution in [0.15, 0.2) is 36.7 Å². The van der Waals surface area contributed by atoms with Gasteiger partial charge in [0.25, 0.3) is 0 Å². The molecule has 3 rings (SSSR count). The molecule has 0 fully saturated rings. The second-order valence-electron chi connectivity index (χ2n) is 6.33. The summed E-state index contributed by atoms with van der Waals surface area (Å²) in [5, 5.41) is 19.6. The summed E-state index contributed by atoms with van der Waals surface area (Å²) in [5.74, 6) is 0.791. The fourth-order valence-corrected chi connectivity index (χ4v) is 3.06. The minimum absolute atomic E-state index is 0.0109. The zero-order valence-corrected chi connectivity index (χ0v) is 16.8. The Labute approximate surface area is 172 Å². The van der Waals surface area contributed by atoms with Crippen molar-refractivity contribution in [3.63, 3.8) is 0 Å². The molecule has 0 bridgehead atoms. The Kier molecular flexibility index (Phi) is 6.97. The Bertz CT molecular complexity index is 947. The smallest absolute Gasteiger partial charge is 0.230 e. The summed E-state index contributed by atoms with van der Waals surface area (Å²) in [6.07, 6.45) is 3.17. The minimum Gasteiger partial charge on any atom is -0.394 e. The number of benzene rings is 1. The van der Waals surface area contributed by atoms with E-state index in [1.807, 2.05) is 13.0 Å². The van der Waals surface area contributed by atoms with Gasteiger partial charge in [0.1, 0.15) is 10.8 Å². The highest BCUT2D eigenvalue weighted by Crippen LogP contribution is 2.29. The van der Waals surface area contributed by atoms with E-state index in [9.17, 15) is 4.39 Å². The van der Waals surface area contributed by atoms with Crippen LogP contribution in [-0.2, 0) is 11.3 Å². The third-order valence-corrected chi connectivity index (χ3v) is 4.49. The highest BCUT2D eigenvalue weighted by molar-refractivity contribution is 6.32. The van der Waals surface area contributed by atoms with Gasteiger partial charge >= 0.3 is 0 Å². The van der Waals surface area contributed by atoms with Crippen molar-refractivity contribution >= 4 is 29.2 Å². The normalized spacial score (nSPS) is 12.0. The summed E-state index contributed by atoms with van der Waals surface area (Å²) in [7, 11) is 1.54. The van der Waals surface area contributed by atoms with Crippen LogP contribution >= 0.6 is 11.6 Å². The molecule has 2 aromatic heterocycles. The van der Waals surface area contributed by atoms with Crippen LogP contribution < -0.4 is 10.6 Å². The number of nitrogens with zero attached hydrogens (tertiary/aromatic N) is 4. The van der Waals surface area contributed by atoms with Crippen LogP contribution in [0.5, 0.6) is 0 Å². The Morgan fingerprint density at radius 2 is 2.17 bits per heavy atom. The molecule has 3 N–H and O–H groups in total. The molecule has 3 aromatic rings. The topological polar surface area (TPSA) is 97.1 Å². The van der Waals surface area contributed by atoms with Crippen LogP contribution in [0.25, 0.3) is 0 Å². The van der Waals surface area contributed by atoms with E-state index in [0.717, 1.165) is 5.56 Å². The molecule has 0 amide bonds. The van der Waals surface area contributed by atoms with Crippen molar-refractivity contribution in [3.8, 4) is 0 Å². The third-order valence-electron chi connectivity index (χ3n) is 4.22. The Morgan fingerprint density at radius 3 is 2.90 bits per heavy atom. The van der Waals surface area contributed by atoms with E-state index in [4.69, 9.17) is 21.4 Å². The van der Waals surface area contributed by atoms with Gasteiger partial charge < -0.3 is 20.5 Å². The number of aliphatic hydroxyl groups excluding tert-OH is 1. The van der Waals surface area contributed by atoms with Gasteiger partial charge in [0, 0.05) is 24.9 Å². The van der Waals surface area contributed by atoms with Crippen LogP contribution in [-0.4, -0.2) is 45.2 Å². The van der Waals surface area contributed by atoms with E-state index in [1.165, 1.54) is 12.3 Å². The van der Waals surface area contributed by atoms with Crippen LogP contribution in [0.4, 0.5) is 22.0 Å². The molecule has 0 saturated heterocycles. The Balaban J connectivity index is 1.84. The van der Waals surface area contributed by atoms with Gasteiger partial charge in [0.15, 0.2) is 11.6 Å². The molecular weight excluding hydrogens is 399 g/mol. The number of ether oxygens (including phenoxy) is 1. The van der Waals surface area contributed by atoms with Crippen molar-refractivity contribution in [2.24, 2.45) is 0 Å². The fraction of sp³-hybridized carbons (Fsp3) is 0.316. The number of hydrogen-bond donors (Lipinski definition) is 3. The predicted molar refractivity (Wildman–Crippen MR) is 109 cm³/mol. The Morgan fingerprint density at radius 1 is 1.34 bits per heavy atom. The van der Waals surface area contributed by atoms with Gasteiger partial charge in [-0.3, -0.25) is 4.68 Å². The van der Waals surface area contributed by atoms with Crippen LogP contribution in [0, 0.1) is 12.7 Å². The van der Waals surface area contributed by atoms with Crippen LogP contribution in [0.3, 0.4) is 0 Å². The van der Waals surface area contributed by atoms with E-state index in [1.54, 1.807) is 30.1 Å². The summed E-state index contributed by atoms with van der Waals surface area (Å²) in [5.41, 5.74) is 1.28. The molecule has 29 heavy (non-hydrogen) atoms. The monoisotopic (exact) mass is 420 g/mol. The van der Waals surface area contributed by atoms with Crippen molar-refractivity contribution in [1.82, 2.24) is 19.7 Å². The second-order valence-corrected chi connectivity index (χ2v) is 6.73. The molecule has 154 valence electrons. The average molecular weight is 421 g/mol. The zero-order valence-electron chi connectivity index (χ0n) is 16.1. The van der Waals surface area contributed by atoms with Crippen molar-refractivity contribution in [1.29, 1.82) is 0 Å². The molecular formula is C19H22ClFN6O2. The zero-order chi connectivity index (χ0) is 20.8. The van der Waals surface area contributed by atoms with Crippen molar-refractivity contribution in [2.45, 2.75) is 19.5 Å². The quantitative estimate of drug-likeness (QED) is 0.488. The molecule has 0 aliphatic rings. The molecule has 0 radical (unpaired) electrons. The maximum Gasteiger partial charge on any atom is 0.230 e. The summed E-state index contributed by atoms with van der Waals surface area (Å²) in [4.78, 5) is 8.54. The molecule has 0 aliphatic carbocycles. The second kappa shape index (κ2) is 9.64. The lowest BCUT2D eigenvalue weighted by Gasteiger charge is -2.22. The van der Waals surface area contributed by atoms with Gasteiger partial charge in [-0.1, -0.05) is 23.7 Å². The van der Waals surface area contributed by atoms with Gasteiger partial charge in [-0.25, -0.2) is 9.37 Å². The summed E-state index contributed by atoms with van der Waals surface area (Å²) in [6, 6.07) is 6.14. The molecule has 1 aromatic carbocycles. The van der Waals surface area contributed by atoms with E-state index in [2.05, 4.69) is 25.7 Å². The lowest BCUT2D eigenvalue weighted by atomic mass is 10.0. The van der Waals surface area contributed by atoms with Crippen LogP contribution in [0.1, 0.15) is 17.2 Å². The lowest BCUT2D eigenvalue weighted by Crippen LogP contribution is -2.20. The first-order valence-corrected chi connectivity index (χ1v) is 9.34. The number of aliphatic hydroxyl groups is 1. The van der Waals surface area contributed by atoms with Crippen LogP contribution in [0.2, 0.25) is 5.02 Å². The SMILES string of the molecule is COCC(Nc1nc(Nc2ccn(CCO)n2)ncc1Cl)c1c(C)cccc1F. The molecule has 1 atom stereocenters. The molecule has 1 unspecified atom stereocenters. The molecule has 10 heteroatoms. The number of hydrogen-bond acceptors (Lipinski definition) is 7. The van der Waals surface area contributed by atoms with Gasteiger partial charge in [-0.05, 0) is 18.6 Å². The third kappa shape index (κ3) is 5.20. The average Bonchev–Trinajstić information content (AvgIpc) is 3.11. The Hall–Kier alpha value is -2.75. The number of rotatable bonds is 9. The minimum atomic E-state index is -0.495. The van der Waals surface area contributed by atoms with Crippen molar-refractivity contribution < 1.29 is 14.2 Å². The predicted octanol–water partition coefficient (Wildman–Crippen LogP) is 3.31. The maximum atomic E-state index is 14.5. The lowest BCUT2D eigenvalue weighted by molar-refractivity contribution is 0.185. The molecule has 2 heterocycles. The van der Waals surface area contributed by atoms with Crippen molar-refractivity contribution in [3.05, 3.63) is 58.6 Å². The number of anilines is 3. The van der Waals surface area contributed by atoms with Gasteiger partial charge in [0.2, 0.25) is 5.95 Å². The first kappa shape index (κ1) is 21.0. The van der Waals surface area contributed by atoms with E-state index in [0.29, 0.717) is 23.7 Å². The molecule has 8 nitrogen and oxygen atoms in total. The highest BCUT2D eigenvalue weighted by Gasteiger charge is 2.20. The number of methoxy groups -OCH3 is 1. The summed E-state index contributed by atoms with van der Waals surface area (Å²) < 4.78 is 21.3. The maximum absolute atomic E-state index is 14.5. The first-order valence-electron chi connectivity index (χ1n) is 8.96. The van der Waals surface area contributed by atoms with Gasteiger partial charge in [0.05, 0.1) is 32.0 Å². The molecule has 0 aliphatic heterocycles. The van der Waals surface area contributed by atoms with E-state index in [-0.39, 0.29) is 30.0 Å². The number of aryl methyl sites for hydroxylation is 1. The molecule has 0 saturated carbocycles.